The standard InChI is InChI=1S/C12H22N6S/c1-5-13-10-14-11(17(3)4)16-12(15-10)18-6-7-19-9(2)8-18/h9H,5-8H2,1-4H3,(H,13,14,15,16). The molecule has 6 nitrogen and oxygen atoms in total. The lowest BCUT2D eigenvalue weighted by Gasteiger charge is -2.31. The summed E-state index contributed by atoms with van der Waals surface area (Å²) in [6, 6.07) is 0. The van der Waals surface area contributed by atoms with Gasteiger partial charge in [-0.2, -0.15) is 26.7 Å². The lowest BCUT2D eigenvalue weighted by molar-refractivity contribution is 0.748. The molecule has 1 atom stereocenters. The Bertz CT molecular complexity index is 425. The topological polar surface area (TPSA) is 57.2 Å². The SMILES string of the molecule is CCNc1nc(N(C)C)nc(N2CCSC(C)C2)n1. The fraction of sp³-hybridized carbons (Fsp3) is 0.750. The maximum absolute atomic E-state index is 4.55. The van der Waals surface area contributed by atoms with Crippen LogP contribution in [0, 0.1) is 0 Å². The minimum Gasteiger partial charge on any atom is -0.354 e. The highest BCUT2D eigenvalue weighted by atomic mass is 32.2. The van der Waals surface area contributed by atoms with Crippen LogP contribution >= 0.6 is 11.8 Å². The number of rotatable bonds is 4. The highest BCUT2D eigenvalue weighted by Gasteiger charge is 2.20. The predicted octanol–water partition coefficient (Wildman–Crippen LogP) is 1.31. The molecule has 19 heavy (non-hydrogen) atoms. The van der Waals surface area contributed by atoms with Gasteiger partial charge >= 0.3 is 0 Å². The normalized spacial score (nSPS) is 19.4. The van der Waals surface area contributed by atoms with Crippen molar-refractivity contribution < 1.29 is 0 Å². The van der Waals surface area contributed by atoms with Crippen molar-refractivity contribution >= 4 is 29.6 Å². The molecule has 2 heterocycles. The van der Waals surface area contributed by atoms with Gasteiger partial charge in [-0.05, 0) is 6.92 Å². The summed E-state index contributed by atoms with van der Waals surface area (Å²) in [6.45, 7) is 7.08. The molecule has 106 valence electrons. The average molecular weight is 282 g/mol. The van der Waals surface area contributed by atoms with E-state index in [-0.39, 0.29) is 0 Å². The summed E-state index contributed by atoms with van der Waals surface area (Å²) in [5.41, 5.74) is 0. The molecular weight excluding hydrogens is 260 g/mol. The summed E-state index contributed by atoms with van der Waals surface area (Å²) in [5, 5.41) is 3.79. The highest BCUT2D eigenvalue weighted by molar-refractivity contribution is 8.00. The number of aromatic nitrogens is 3. The lowest BCUT2D eigenvalue weighted by Crippen LogP contribution is -2.38. The van der Waals surface area contributed by atoms with Crippen molar-refractivity contribution in [3.8, 4) is 0 Å². The van der Waals surface area contributed by atoms with E-state index in [1.807, 2.05) is 37.7 Å². The zero-order chi connectivity index (χ0) is 13.8. The maximum atomic E-state index is 4.55. The van der Waals surface area contributed by atoms with E-state index >= 15 is 0 Å². The van der Waals surface area contributed by atoms with Gasteiger partial charge in [0.15, 0.2) is 0 Å². The second kappa shape index (κ2) is 6.27. The summed E-state index contributed by atoms with van der Waals surface area (Å²) < 4.78 is 0. The van der Waals surface area contributed by atoms with E-state index in [2.05, 4.69) is 32.1 Å². The minimum absolute atomic E-state index is 0.621. The molecule has 1 aliphatic heterocycles. The van der Waals surface area contributed by atoms with E-state index in [0.717, 1.165) is 31.3 Å². The van der Waals surface area contributed by atoms with Gasteiger partial charge in [0.1, 0.15) is 0 Å². The van der Waals surface area contributed by atoms with Crippen molar-refractivity contribution in [2.75, 3.05) is 54.6 Å². The molecule has 0 spiro atoms. The summed E-state index contributed by atoms with van der Waals surface area (Å²) in [6.07, 6.45) is 0. The van der Waals surface area contributed by atoms with Crippen molar-refractivity contribution in [3.63, 3.8) is 0 Å². The Morgan fingerprint density at radius 2 is 2.16 bits per heavy atom. The number of nitrogens with one attached hydrogen (secondary N) is 1. The van der Waals surface area contributed by atoms with E-state index < -0.39 is 0 Å². The summed E-state index contributed by atoms with van der Waals surface area (Å²) in [5.74, 6) is 3.26. The Morgan fingerprint density at radius 3 is 2.79 bits per heavy atom. The van der Waals surface area contributed by atoms with Crippen LogP contribution in [-0.2, 0) is 0 Å². The number of thioether (sulfide) groups is 1. The molecule has 0 amide bonds. The molecule has 1 unspecified atom stereocenters. The quantitative estimate of drug-likeness (QED) is 0.893. The average Bonchev–Trinajstić information content (AvgIpc) is 2.38. The molecule has 1 aliphatic rings. The van der Waals surface area contributed by atoms with Gasteiger partial charge in [0.25, 0.3) is 0 Å². The second-order valence-electron chi connectivity index (χ2n) is 4.81. The van der Waals surface area contributed by atoms with Gasteiger partial charge in [-0.15, -0.1) is 0 Å². The van der Waals surface area contributed by atoms with Crippen molar-refractivity contribution in [3.05, 3.63) is 0 Å². The number of anilines is 3. The summed E-state index contributed by atoms with van der Waals surface area (Å²) in [7, 11) is 3.90. The molecule has 1 saturated heterocycles. The Kier molecular flexibility index (Phi) is 4.68. The molecule has 2 rings (SSSR count). The van der Waals surface area contributed by atoms with Gasteiger partial charge < -0.3 is 15.1 Å². The molecule has 0 saturated carbocycles. The largest absolute Gasteiger partial charge is 0.354 e. The van der Waals surface area contributed by atoms with E-state index in [4.69, 9.17) is 0 Å². The van der Waals surface area contributed by atoms with Crippen LogP contribution in [0.4, 0.5) is 17.8 Å². The Labute approximate surface area is 119 Å². The molecule has 0 bridgehead atoms. The van der Waals surface area contributed by atoms with Gasteiger partial charge in [-0.3, -0.25) is 0 Å². The first-order valence-electron chi connectivity index (χ1n) is 6.64. The third-order valence-electron chi connectivity index (χ3n) is 2.87. The molecule has 7 heteroatoms. The Hall–Kier alpha value is -1.24. The van der Waals surface area contributed by atoms with Gasteiger partial charge in [0.2, 0.25) is 17.8 Å². The second-order valence-corrected chi connectivity index (χ2v) is 6.36. The van der Waals surface area contributed by atoms with Crippen LogP contribution in [0.5, 0.6) is 0 Å². The van der Waals surface area contributed by atoms with E-state index in [9.17, 15) is 0 Å². The van der Waals surface area contributed by atoms with Crippen molar-refractivity contribution in [2.45, 2.75) is 19.1 Å². The molecule has 1 N–H and O–H groups in total. The summed E-state index contributed by atoms with van der Waals surface area (Å²) in [4.78, 5) is 17.6. The summed E-state index contributed by atoms with van der Waals surface area (Å²) >= 11 is 2.00. The van der Waals surface area contributed by atoms with Crippen LogP contribution in [0.25, 0.3) is 0 Å². The van der Waals surface area contributed by atoms with E-state index in [1.165, 1.54) is 0 Å². The van der Waals surface area contributed by atoms with Gasteiger partial charge in [0.05, 0.1) is 0 Å². The number of nitrogens with zero attached hydrogens (tertiary/aromatic N) is 5. The zero-order valence-electron chi connectivity index (χ0n) is 12.1. The molecule has 1 aromatic heterocycles. The maximum Gasteiger partial charge on any atom is 0.232 e. The smallest absolute Gasteiger partial charge is 0.232 e. The highest BCUT2D eigenvalue weighted by Crippen LogP contribution is 2.22. The van der Waals surface area contributed by atoms with Crippen molar-refractivity contribution in [1.29, 1.82) is 0 Å². The van der Waals surface area contributed by atoms with Crippen LogP contribution in [0.1, 0.15) is 13.8 Å². The minimum atomic E-state index is 0.621. The fourth-order valence-corrected chi connectivity index (χ4v) is 2.95. The van der Waals surface area contributed by atoms with Gasteiger partial charge in [-0.25, -0.2) is 0 Å². The lowest BCUT2D eigenvalue weighted by atomic mass is 10.4. The third-order valence-corrected chi connectivity index (χ3v) is 4.01. The van der Waals surface area contributed by atoms with Gasteiger partial charge in [-0.1, -0.05) is 6.92 Å². The molecule has 0 aliphatic carbocycles. The molecule has 1 fully saturated rings. The van der Waals surface area contributed by atoms with Crippen LogP contribution in [0.2, 0.25) is 0 Å². The molecular formula is C12H22N6S. The van der Waals surface area contributed by atoms with Crippen LogP contribution in [0.3, 0.4) is 0 Å². The number of hydrogen-bond donors (Lipinski definition) is 1. The zero-order valence-corrected chi connectivity index (χ0v) is 12.9. The van der Waals surface area contributed by atoms with Crippen LogP contribution in [0.15, 0.2) is 0 Å². The van der Waals surface area contributed by atoms with E-state index in [1.54, 1.807) is 0 Å². The van der Waals surface area contributed by atoms with E-state index in [0.29, 0.717) is 17.1 Å². The first-order valence-corrected chi connectivity index (χ1v) is 7.69. The van der Waals surface area contributed by atoms with Gasteiger partial charge in [0, 0.05) is 44.7 Å². The van der Waals surface area contributed by atoms with Crippen LogP contribution < -0.4 is 15.1 Å². The third kappa shape index (κ3) is 3.62. The first-order chi connectivity index (χ1) is 9.10. The Balaban J connectivity index is 2.27. The van der Waals surface area contributed by atoms with Crippen LogP contribution in [-0.4, -0.2) is 59.7 Å². The first kappa shape index (κ1) is 14.2. The molecule has 0 radical (unpaired) electrons. The fourth-order valence-electron chi connectivity index (χ4n) is 1.93. The molecule has 0 aromatic carbocycles. The van der Waals surface area contributed by atoms with Crippen molar-refractivity contribution in [1.82, 2.24) is 15.0 Å². The number of hydrogen-bond acceptors (Lipinski definition) is 7. The predicted molar refractivity (Wildman–Crippen MR) is 82.5 cm³/mol. The monoisotopic (exact) mass is 282 g/mol. The molecule has 1 aromatic rings. The Morgan fingerprint density at radius 1 is 1.37 bits per heavy atom. The van der Waals surface area contributed by atoms with Crippen molar-refractivity contribution in [2.24, 2.45) is 0 Å².